The van der Waals surface area contributed by atoms with Gasteiger partial charge in [-0.1, -0.05) is 35.3 Å². The Balaban J connectivity index is 0.000000181. The summed E-state index contributed by atoms with van der Waals surface area (Å²) < 4.78 is 36.2. The second kappa shape index (κ2) is 10.6. The van der Waals surface area contributed by atoms with Crippen LogP contribution in [0.4, 0.5) is 8.78 Å². The first kappa shape index (κ1) is 24.5. The van der Waals surface area contributed by atoms with Gasteiger partial charge in [0.2, 0.25) is 0 Å². The molecule has 2 saturated carbocycles. The van der Waals surface area contributed by atoms with Crippen LogP contribution in [0.25, 0.3) is 0 Å². The van der Waals surface area contributed by atoms with Crippen molar-refractivity contribution in [2.24, 2.45) is 11.8 Å². The number of rotatable bonds is 6. The zero-order valence-corrected chi connectivity index (χ0v) is 19.3. The van der Waals surface area contributed by atoms with Crippen LogP contribution in [0.5, 0.6) is 0 Å². The van der Waals surface area contributed by atoms with Crippen molar-refractivity contribution in [2.75, 3.05) is 13.2 Å². The average molecular weight is 485 g/mol. The van der Waals surface area contributed by atoms with Crippen LogP contribution in [0, 0.1) is 23.5 Å². The van der Waals surface area contributed by atoms with Gasteiger partial charge >= 0.3 is 11.9 Å². The van der Waals surface area contributed by atoms with E-state index in [-0.39, 0.29) is 45.7 Å². The van der Waals surface area contributed by atoms with Gasteiger partial charge in [0.05, 0.1) is 35.1 Å². The first-order chi connectivity index (χ1) is 15.3. The lowest BCUT2D eigenvalue weighted by molar-refractivity contribution is -0.145. The van der Waals surface area contributed by atoms with Crippen molar-refractivity contribution in [3.63, 3.8) is 0 Å². The molecule has 0 bridgehead atoms. The van der Waals surface area contributed by atoms with Crippen molar-refractivity contribution >= 4 is 35.1 Å². The van der Waals surface area contributed by atoms with Gasteiger partial charge in [0.25, 0.3) is 0 Å². The number of hydrogen-bond acceptors (Lipinski definition) is 4. The Morgan fingerprint density at radius 3 is 1.50 bits per heavy atom. The quantitative estimate of drug-likeness (QED) is 0.452. The lowest BCUT2D eigenvalue weighted by Gasteiger charge is -2.02. The van der Waals surface area contributed by atoms with E-state index >= 15 is 0 Å². The second-order valence-electron chi connectivity index (χ2n) is 7.75. The van der Waals surface area contributed by atoms with E-state index in [0.717, 1.165) is 24.0 Å². The molecule has 172 valence electrons. The van der Waals surface area contributed by atoms with Gasteiger partial charge < -0.3 is 9.47 Å². The fourth-order valence-electron chi connectivity index (χ4n) is 3.63. The molecule has 0 N–H and O–H groups in total. The van der Waals surface area contributed by atoms with Crippen molar-refractivity contribution in [1.29, 1.82) is 0 Å². The van der Waals surface area contributed by atoms with Crippen LogP contribution in [-0.4, -0.2) is 25.2 Å². The van der Waals surface area contributed by atoms with Gasteiger partial charge in [-0.2, -0.15) is 0 Å². The summed E-state index contributed by atoms with van der Waals surface area (Å²) in [7, 11) is 0. The first-order valence-electron chi connectivity index (χ1n) is 10.5. The van der Waals surface area contributed by atoms with E-state index in [0.29, 0.717) is 13.2 Å². The Kier molecular flexibility index (Phi) is 8.12. The number of carbonyl (C=O) groups is 2. The molecular weight excluding hydrogens is 461 g/mol. The molecule has 0 radical (unpaired) electrons. The molecule has 0 spiro atoms. The van der Waals surface area contributed by atoms with Crippen molar-refractivity contribution in [3.05, 3.63) is 69.2 Å². The number of esters is 2. The van der Waals surface area contributed by atoms with Crippen LogP contribution in [0.2, 0.25) is 10.0 Å². The van der Waals surface area contributed by atoms with Crippen molar-refractivity contribution in [2.45, 2.75) is 38.5 Å². The number of ether oxygens (including phenoxy) is 2. The average Bonchev–Trinajstić information content (AvgIpc) is 3.66. The lowest BCUT2D eigenvalue weighted by atomic mass is 10.1. The van der Waals surface area contributed by atoms with Crippen LogP contribution in [0.15, 0.2) is 36.4 Å². The molecule has 4 rings (SSSR count). The van der Waals surface area contributed by atoms with Crippen molar-refractivity contribution in [3.8, 4) is 0 Å². The van der Waals surface area contributed by atoms with E-state index in [1.807, 2.05) is 0 Å². The topological polar surface area (TPSA) is 52.6 Å². The fraction of sp³-hybridized carbons (Fsp3) is 0.417. The minimum absolute atomic E-state index is 0.0887. The van der Waals surface area contributed by atoms with Gasteiger partial charge in [-0.3, -0.25) is 9.59 Å². The fourth-order valence-corrected chi connectivity index (χ4v) is 3.87. The van der Waals surface area contributed by atoms with E-state index in [9.17, 15) is 18.4 Å². The molecule has 2 fully saturated rings. The summed E-state index contributed by atoms with van der Waals surface area (Å²) in [5.41, 5.74) is 1.64. The maximum Gasteiger partial charge on any atom is 0.309 e. The third kappa shape index (κ3) is 5.99. The second-order valence-corrected chi connectivity index (χ2v) is 8.56. The Labute approximate surface area is 195 Å². The predicted molar refractivity (Wildman–Crippen MR) is 118 cm³/mol. The van der Waals surface area contributed by atoms with Crippen LogP contribution in [0.1, 0.15) is 49.7 Å². The largest absolute Gasteiger partial charge is 0.466 e. The summed E-state index contributed by atoms with van der Waals surface area (Å²) in [5.74, 6) is -1.30. The SMILES string of the molecule is CCOC(=O)[C@@H]1C[C@H]1c1ccc(Cl)c(F)c1.CCOC(=O)[C@H]1C[C@@H]1c1ccc(Cl)c(F)c1. The molecule has 2 aliphatic rings. The molecule has 0 unspecified atom stereocenters. The van der Waals surface area contributed by atoms with Gasteiger partial charge in [-0.25, -0.2) is 8.78 Å². The smallest absolute Gasteiger partial charge is 0.309 e. The van der Waals surface area contributed by atoms with Crippen molar-refractivity contribution in [1.82, 2.24) is 0 Å². The summed E-state index contributed by atoms with van der Waals surface area (Å²) in [6.07, 6.45) is 1.47. The Bertz CT molecular complexity index is 918. The van der Waals surface area contributed by atoms with Crippen LogP contribution < -0.4 is 0 Å². The zero-order valence-electron chi connectivity index (χ0n) is 17.7. The molecule has 2 aromatic carbocycles. The maximum absolute atomic E-state index is 13.2. The van der Waals surface area contributed by atoms with Crippen LogP contribution in [0.3, 0.4) is 0 Å². The lowest BCUT2D eigenvalue weighted by Crippen LogP contribution is -2.07. The highest BCUT2D eigenvalue weighted by Gasteiger charge is 2.46. The summed E-state index contributed by atoms with van der Waals surface area (Å²) in [5, 5.41) is 0.217. The highest BCUT2D eigenvalue weighted by atomic mass is 35.5. The van der Waals surface area contributed by atoms with Gasteiger partial charge in [0.1, 0.15) is 11.6 Å². The molecule has 0 saturated heterocycles. The highest BCUT2D eigenvalue weighted by Crippen LogP contribution is 2.49. The summed E-state index contributed by atoms with van der Waals surface area (Å²) in [4.78, 5) is 22.8. The molecule has 0 aromatic heterocycles. The number of hydrogen-bond donors (Lipinski definition) is 0. The minimum atomic E-state index is -0.436. The summed E-state index contributed by atoms with van der Waals surface area (Å²) in [6.45, 7) is 4.32. The third-order valence-electron chi connectivity index (χ3n) is 5.50. The molecule has 2 aliphatic carbocycles. The molecule has 4 nitrogen and oxygen atoms in total. The number of benzene rings is 2. The Hall–Kier alpha value is -2.18. The van der Waals surface area contributed by atoms with Gasteiger partial charge in [-0.05, 0) is 73.9 Å². The van der Waals surface area contributed by atoms with Gasteiger partial charge in [0, 0.05) is 0 Å². The Morgan fingerprint density at radius 2 is 1.19 bits per heavy atom. The number of carbonyl (C=O) groups excluding carboxylic acids is 2. The van der Waals surface area contributed by atoms with E-state index in [4.69, 9.17) is 32.7 Å². The van der Waals surface area contributed by atoms with E-state index < -0.39 is 11.6 Å². The summed E-state index contributed by atoms with van der Waals surface area (Å²) in [6, 6.07) is 9.35. The molecular formula is C24H24Cl2F2O4. The monoisotopic (exact) mass is 484 g/mol. The molecule has 0 heterocycles. The molecule has 0 aliphatic heterocycles. The highest BCUT2D eigenvalue weighted by molar-refractivity contribution is 6.31. The first-order valence-corrected chi connectivity index (χ1v) is 11.3. The van der Waals surface area contributed by atoms with Gasteiger partial charge in [0.15, 0.2) is 0 Å². The van der Waals surface area contributed by atoms with Crippen LogP contribution >= 0.6 is 23.2 Å². The van der Waals surface area contributed by atoms with E-state index in [1.54, 1.807) is 26.0 Å². The maximum atomic E-state index is 13.2. The minimum Gasteiger partial charge on any atom is -0.466 e. The van der Waals surface area contributed by atoms with Gasteiger partial charge in [-0.15, -0.1) is 0 Å². The van der Waals surface area contributed by atoms with Crippen molar-refractivity contribution < 1.29 is 27.8 Å². The van der Waals surface area contributed by atoms with Crippen LogP contribution in [-0.2, 0) is 19.1 Å². The summed E-state index contributed by atoms with van der Waals surface area (Å²) >= 11 is 11.2. The van der Waals surface area contributed by atoms with E-state index in [2.05, 4.69) is 0 Å². The molecule has 8 heteroatoms. The third-order valence-corrected chi connectivity index (χ3v) is 6.12. The normalized spacial score (nSPS) is 22.9. The molecule has 4 atom stereocenters. The number of halogens is 4. The molecule has 0 amide bonds. The Morgan fingerprint density at radius 1 is 0.812 bits per heavy atom. The molecule has 2 aromatic rings. The molecule has 32 heavy (non-hydrogen) atoms. The standard InChI is InChI=1S/2C12H12ClFO2/c2*1-2-16-12(15)9-6-8(9)7-3-4-10(13)11(14)5-7/h2*3-5,8-9H,2,6H2,1H3/t2*8-,9+/m10/s1. The predicted octanol–water partition coefficient (Wildman–Crippen LogP) is 6.29. The zero-order chi connectivity index (χ0) is 23.4. The van der Waals surface area contributed by atoms with E-state index in [1.165, 1.54) is 24.3 Å².